The molecule has 3 rings (SSSR count). The van der Waals surface area contributed by atoms with Crippen molar-refractivity contribution in [3.05, 3.63) is 76.6 Å². The SMILES string of the molecule is OC(c1cc(F)c(Cl)cc1F)c1cncc2ccccc12. The highest BCUT2D eigenvalue weighted by Crippen LogP contribution is 2.31. The van der Waals surface area contributed by atoms with Crippen molar-refractivity contribution in [1.82, 2.24) is 4.98 Å². The molecule has 2 nitrogen and oxygen atoms in total. The lowest BCUT2D eigenvalue weighted by Crippen LogP contribution is -2.05. The Bertz CT molecular complexity index is 817. The van der Waals surface area contributed by atoms with Gasteiger partial charge in [0.2, 0.25) is 0 Å². The smallest absolute Gasteiger partial charge is 0.142 e. The minimum atomic E-state index is -1.32. The molecule has 0 saturated heterocycles. The average molecular weight is 306 g/mol. The lowest BCUT2D eigenvalue weighted by Gasteiger charge is -2.15. The number of pyridine rings is 1. The molecule has 106 valence electrons. The summed E-state index contributed by atoms with van der Waals surface area (Å²) in [7, 11) is 0. The van der Waals surface area contributed by atoms with Gasteiger partial charge in [-0.3, -0.25) is 4.98 Å². The van der Waals surface area contributed by atoms with Gasteiger partial charge < -0.3 is 5.11 Å². The molecule has 0 saturated carbocycles. The van der Waals surface area contributed by atoms with Crippen molar-refractivity contribution in [2.75, 3.05) is 0 Å². The molecule has 0 bridgehead atoms. The predicted octanol–water partition coefficient (Wildman–Crippen LogP) is 4.25. The molecule has 0 aliphatic rings. The van der Waals surface area contributed by atoms with Crippen molar-refractivity contribution >= 4 is 22.4 Å². The summed E-state index contributed by atoms with van der Waals surface area (Å²) in [6, 6.07) is 9.02. The van der Waals surface area contributed by atoms with E-state index >= 15 is 0 Å². The molecule has 0 aliphatic heterocycles. The minimum Gasteiger partial charge on any atom is -0.383 e. The Hall–Kier alpha value is -2.04. The van der Waals surface area contributed by atoms with Gasteiger partial charge in [0.05, 0.1) is 5.02 Å². The van der Waals surface area contributed by atoms with Gasteiger partial charge in [-0.05, 0) is 17.5 Å². The third kappa shape index (κ3) is 2.48. The summed E-state index contributed by atoms with van der Waals surface area (Å²) in [5.74, 6) is -1.54. The van der Waals surface area contributed by atoms with Gasteiger partial charge in [0.1, 0.15) is 17.7 Å². The van der Waals surface area contributed by atoms with E-state index < -0.39 is 17.7 Å². The van der Waals surface area contributed by atoms with Crippen LogP contribution >= 0.6 is 11.6 Å². The number of rotatable bonds is 2. The lowest BCUT2D eigenvalue weighted by atomic mass is 9.97. The fourth-order valence-electron chi connectivity index (χ4n) is 2.27. The molecular formula is C16H10ClF2NO. The summed E-state index contributed by atoms with van der Waals surface area (Å²) in [6.45, 7) is 0. The van der Waals surface area contributed by atoms with Crippen molar-refractivity contribution in [3.63, 3.8) is 0 Å². The van der Waals surface area contributed by atoms with Crippen molar-refractivity contribution in [2.24, 2.45) is 0 Å². The zero-order chi connectivity index (χ0) is 15.0. The Morgan fingerprint density at radius 2 is 1.76 bits per heavy atom. The fourth-order valence-corrected chi connectivity index (χ4v) is 2.42. The van der Waals surface area contributed by atoms with Gasteiger partial charge in [-0.1, -0.05) is 35.9 Å². The minimum absolute atomic E-state index is 0.171. The summed E-state index contributed by atoms with van der Waals surface area (Å²) >= 11 is 5.52. The quantitative estimate of drug-likeness (QED) is 0.718. The molecule has 0 spiro atoms. The molecule has 1 aromatic heterocycles. The molecule has 0 fully saturated rings. The Labute approximate surface area is 124 Å². The van der Waals surface area contributed by atoms with Crippen LogP contribution < -0.4 is 0 Å². The Kier molecular flexibility index (Phi) is 3.57. The van der Waals surface area contributed by atoms with Crippen LogP contribution in [0.5, 0.6) is 0 Å². The highest BCUT2D eigenvalue weighted by atomic mass is 35.5. The van der Waals surface area contributed by atoms with Crippen LogP contribution in [-0.2, 0) is 0 Å². The maximum absolute atomic E-state index is 13.9. The molecule has 0 radical (unpaired) electrons. The molecule has 1 unspecified atom stereocenters. The van der Waals surface area contributed by atoms with Crippen LogP contribution in [0.2, 0.25) is 5.02 Å². The summed E-state index contributed by atoms with van der Waals surface area (Å²) in [6.07, 6.45) is 1.76. The highest BCUT2D eigenvalue weighted by Gasteiger charge is 2.20. The van der Waals surface area contributed by atoms with Crippen LogP contribution in [-0.4, -0.2) is 10.1 Å². The van der Waals surface area contributed by atoms with Crippen molar-refractivity contribution in [1.29, 1.82) is 0 Å². The predicted molar refractivity (Wildman–Crippen MR) is 77.2 cm³/mol. The maximum atomic E-state index is 13.9. The average Bonchev–Trinajstić information content (AvgIpc) is 2.49. The second-order valence-electron chi connectivity index (χ2n) is 4.64. The second-order valence-corrected chi connectivity index (χ2v) is 5.05. The Balaban J connectivity index is 2.17. The van der Waals surface area contributed by atoms with Crippen LogP contribution in [0.3, 0.4) is 0 Å². The Morgan fingerprint density at radius 3 is 2.57 bits per heavy atom. The first-order valence-corrected chi connectivity index (χ1v) is 6.61. The third-order valence-electron chi connectivity index (χ3n) is 3.33. The number of hydrogen-bond donors (Lipinski definition) is 1. The number of aliphatic hydroxyl groups is 1. The van der Waals surface area contributed by atoms with Gasteiger partial charge in [-0.25, -0.2) is 8.78 Å². The first-order chi connectivity index (χ1) is 10.1. The molecule has 0 amide bonds. The number of aliphatic hydroxyl groups excluding tert-OH is 1. The van der Waals surface area contributed by atoms with E-state index in [0.29, 0.717) is 5.56 Å². The van der Waals surface area contributed by atoms with E-state index in [1.807, 2.05) is 12.1 Å². The summed E-state index contributed by atoms with van der Waals surface area (Å²) in [5.41, 5.74) is 0.240. The van der Waals surface area contributed by atoms with Gasteiger partial charge in [-0.15, -0.1) is 0 Å². The largest absolute Gasteiger partial charge is 0.383 e. The fraction of sp³-hybridized carbons (Fsp3) is 0.0625. The van der Waals surface area contributed by atoms with E-state index in [1.54, 1.807) is 18.3 Å². The van der Waals surface area contributed by atoms with Gasteiger partial charge in [0.15, 0.2) is 0 Å². The van der Waals surface area contributed by atoms with E-state index in [0.717, 1.165) is 22.9 Å². The van der Waals surface area contributed by atoms with Gasteiger partial charge in [-0.2, -0.15) is 0 Å². The van der Waals surface area contributed by atoms with Crippen LogP contribution in [0.25, 0.3) is 10.8 Å². The highest BCUT2D eigenvalue weighted by molar-refractivity contribution is 6.30. The second kappa shape index (κ2) is 5.39. The van der Waals surface area contributed by atoms with Crippen LogP contribution in [0.4, 0.5) is 8.78 Å². The molecule has 2 aromatic carbocycles. The van der Waals surface area contributed by atoms with Crippen molar-refractivity contribution in [2.45, 2.75) is 6.10 Å². The molecule has 3 aromatic rings. The number of benzene rings is 2. The monoisotopic (exact) mass is 305 g/mol. The first-order valence-electron chi connectivity index (χ1n) is 6.23. The van der Waals surface area contributed by atoms with E-state index in [9.17, 15) is 13.9 Å². The zero-order valence-electron chi connectivity index (χ0n) is 10.7. The zero-order valence-corrected chi connectivity index (χ0v) is 11.5. The lowest BCUT2D eigenvalue weighted by molar-refractivity contribution is 0.215. The number of nitrogens with zero attached hydrogens (tertiary/aromatic N) is 1. The van der Waals surface area contributed by atoms with E-state index in [4.69, 9.17) is 11.6 Å². The van der Waals surface area contributed by atoms with Crippen molar-refractivity contribution in [3.8, 4) is 0 Å². The number of aromatic nitrogens is 1. The van der Waals surface area contributed by atoms with E-state index in [1.165, 1.54) is 6.20 Å². The number of halogens is 3. The summed E-state index contributed by atoms with van der Waals surface area (Å²) < 4.78 is 27.5. The van der Waals surface area contributed by atoms with Gasteiger partial charge >= 0.3 is 0 Å². The standard InChI is InChI=1S/C16H10ClF2NO/c17-13-6-14(18)11(5-15(13)19)16(21)12-8-20-7-9-3-1-2-4-10(9)12/h1-8,16,21H. The third-order valence-corrected chi connectivity index (χ3v) is 3.62. The number of fused-ring (bicyclic) bond motifs is 1. The molecule has 1 heterocycles. The van der Waals surface area contributed by atoms with Gasteiger partial charge in [0.25, 0.3) is 0 Å². The van der Waals surface area contributed by atoms with Gasteiger partial charge in [0, 0.05) is 28.9 Å². The molecule has 1 N–H and O–H groups in total. The normalized spacial score (nSPS) is 12.6. The summed E-state index contributed by atoms with van der Waals surface area (Å²) in [5, 5.41) is 11.6. The van der Waals surface area contributed by atoms with Crippen LogP contribution in [0.15, 0.2) is 48.8 Å². The molecule has 1 atom stereocenters. The summed E-state index contributed by atoms with van der Waals surface area (Å²) in [4.78, 5) is 4.03. The topological polar surface area (TPSA) is 33.1 Å². The first kappa shape index (κ1) is 13.9. The Morgan fingerprint density at radius 1 is 1.00 bits per heavy atom. The number of hydrogen-bond acceptors (Lipinski definition) is 2. The molecule has 21 heavy (non-hydrogen) atoms. The van der Waals surface area contributed by atoms with E-state index in [-0.39, 0.29) is 10.6 Å². The van der Waals surface area contributed by atoms with Crippen LogP contribution in [0.1, 0.15) is 17.2 Å². The maximum Gasteiger partial charge on any atom is 0.142 e. The molecule has 0 aliphatic carbocycles. The van der Waals surface area contributed by atoms with Crippen molar-refractivity contribution < 1.29 is 13.9 Å². The van der Waals surface area contributed by atoms with E-state index in [2.05, 4.69) is 4.98 Å². The van der Waals surface area contributed by atoms with Crippen LogP contribution in [0, 0.1) is 11.6 Å². The molecular weight excluding hydrogens is 296 g/mol. The molecule has 5 heteroatoms.